The number of piperazine rings is 1. The molecule has 1 unspecified atom stereocenters. The van der Waals surface area contributed by atoms with Gasteiger partial charge < -0.3 is 34.6 Å². The molecule has 6 fully saturated rings. The van der Waals surface area contributed by atoms with Crippen molar-refractivity contribution < 1.29 is 42.5 Å². The van der Waals surface area contributed by atoms with Crippen molar-refractivity contribution in [3.8, 4) is 35.4 Å². The van der Waals surface area contributed by atoms with Crippen LogP contribution in [-0.2, 0) is 27.3 Å². The number of nitrogens with one attached hydrogen (secondary N) is 2. The molecule has 2 aromatic heterocycles. The summed E-state index contributed by atoms with van der Waals surface area (Å²) in [6.07, 6.45) is 14.9. The fraction of sp³-hybridized carbons (Fsp3) is 0.446. The van der Waals surface area contributed by atoms with Gasteiger partial charge in [-0.25, -0.2) is 13.6 Å². The van der Waals surface area contributed by atoms with Gasteiger partial charge in [-0.1, -0.05) is 42.3 Å². The number of fused-ring (bicyclic) bond motifs is 6. The molecule has 5 aromatic rings. The molecule has 12 rings (SSSR count). The Bertz CT molecular complexity index is 3220. The second kappa shape index (κ2) is 18.9. The van der Waals surface area contributed by atoms with E-state index in [1.54, 1.807) is 9.80 Å². The molecule has 2 bridgehead atoms. The molecule has 4 amide bonds. The van der Waals surface area contributed by atoms with Gasteiger partial charge in [-0.2, -0.15) is 9.97 Å². The highest BCUT2D eigenvalue weighted by atomic mass is 19.1. The van der Waals surface area contributed by atoms with Gasteiger partial charge in [0.2, 0.25) is 11.8 Å². The number of amides is 4. The van der Waals surface area contributed by atoms with Gasteiger partial charge >= 0.3 is 12.1 Å². The molecule has 0 aliphatic carbocycles. The maximum Gasteiger partial charge on any atom is 0.409 e. The Kier molecular flexibility index (Phi) is 12.2. The molecular weight excluding hydrogens is 949 g/mol. The zero-order chi connectivity index (χ0) is 51.0. The van der Waals surface area contributed by atoms with Crippen molar-refractivity contribution in [2.24, 2.45) is 5.92 Å². The fourth-order valence-corrected chi connectivity index (χ4v) is 13.1. The van der Waals surface area contributed by atoms with Crippen LogP contribution in [0.3, 0.4) is 0 Å². The number of anilines is 1. The van der Waals surface area contributed by atoms with Gasteiger partial charge in [0.15, 0.2) is 5.82 Å². The summed E-state index contributed by atoms with van der Waals surface area (Å²) in [6.45, 7) is 8.13. The molecule has 382 valence electrons. The topological polar surface area (TPSA) is 183 Å². The van der Waals surface area contributed by atoms with Gasteiger partial charge in [0.05, 0.1) is 16.5 Å². The predicted octanol–water partition coefficient (Wildman–Crippen LogP) is 6.54. The average Bonchev–Trinajstić information content (AvgIpc) is 4.13. The van der Waals surface area contributed by atoms with E-state index < -0.39 is 29.1 Å². The Hall–Kier alpha value is -7.23. The van der Waals surface area contributed by atoms with Crippen LogP contribution in [0.5, 0.6) is 11.8 Å². The largest absolute Gasteiger partial charge is 0.508 e. The molecule has 0 radical (unpaired) electrons. The highest BCUT2D eigenvalue weighted by molar-refractivity contribution is 6.06. The van der Waals surface area contributed by atoms with Crippen molar-refractivity contribution >= 4 is 51.3 Å². The fourth-order valence-electron chi connectivity index (χ4n) is 13.1. The lowest BCUT2D eigenvalue weighted by molar-refractivity contribution is -0.136. The van der Waals surface area contributed by atoms with E-state index in [4.69, 9.17) is 25.9 Å². The zero-order valence-corrected chi connectivity index (χ0v) is 41.0. The number of benzene rings is 3. The highest BCUT2D eigenvalue weighted by Gasteiger charge is 2.52. The Morgan fingerprint density at radius 2 is 1.81 bits per heavy atom. The number of phenolic OH excluding ortho intramolecular Hbond substituents is 1. The Morgan fingerprint density at radius 1 is 1.00 bits per heavy atom. The van der Waals surface area contributed by atoms with Crippen LogP contribution in [0.1, 0.15) is 91.3 Å². The van der Waals surface area contributed by atoms with Gasteiger partial charge in [0.1, 0.15) is 47.9 Å². The van der Waals surface area contributed by atoms with Crippen LogP contribution in [0.4, 0.5) is 19.4 Å². The first kappa shape index (κ1) is 47.8. The summed E-state index contributed by atoms with van der Waals surface area (Å²) in [7, 11) is 0. The van der Waals surface area contributed by atoms with E-state index in [2.05, 4.69) is 37.9 Å². The van der Waals surface area contributed by atoms with Crippen molar-refractivity contribution in [2.75, 3.05) is 50.8 Å². The average molecular weight is 1010 g/mol. The molecule has 9 heterocycles. The molecule has 0 saturated carbocycles. The molecule has 3 N–H and O–H groups in total. The smallest absolute Gasteiger partial charge is 0.409 e. The summed E-state index contributed by atoms with van der Waals surface area (Å²) in [6, 6.07) is 11.1. The number of hydrogen-bond donors (Lipinski definition) is 3. The van der Waals surface area contributed by atoms with Crippen molar-refractivity contribution in [2.45, 2.75) is 107 Å². The van der Waals surface area contributed by atoms with Gasteiger partial charge in [-0.05, 0) is 105 Å². The third kappa shape index (κ3) is 8.53. The predicted molar refractivity (Wildman–Crippen MR) is 270 cm³/mol. The SMILES string of the molecule is C#Cc1c(F)ccc2cc(O)cc(-c3ncc4c(N5C[C@H]6CC[C@@H](C5)N6)nc(OC[C@@]56CC[C@@H](COC(=O)N7CCC(CCc8cccc9c8C(=O)N(C8CCC(=O)NC8=O)C9)CC7)N5CC(=C)C6)nc4c3F)c12. The number of pyridine rings is 1. The number of imide groups is 1. The number of aromatic nitrogens is 3. The summed E-state index contributed by atoms with van der Waals surface area (Å²) in [5.74, 6) is 0.759. The van der Waals surface area contributed by atoms with Crippen LogP contribution in [-0.4, -0.2) is 134 Å². The minimum Gasteiger partial charge on any atom is -0.508 e. The van der Waals surface area contributed by atoms with E-state index in [0.717, 1.165) is 61.6 Å². The molecule has 0 spiro atoms. The van der Waals surface area contributed by atoms with Crippen molar-refractivity contribution in [3.63, 3.8) is 0 Å². The number of carbonyl (C=O) groups excluding carboxylic acids is 4. The minimum atomic E-state index is -0.788. The molecule has 7 aliphatic heterocycles. The molecule has 74 heavy (non-hydrogen) atoms. The second-order valence-corrected chi connectivity index (χ2v) is 21.4. The highest BCUT2D eigenvalue weighted by Crippen LogP contribution is 2.45. The van der Waals surface area contributed by atoms with E-state index in [1.165, 1.54) is 30.5 Å². The number of nitrogens with zero attached hydrogens (tertiary/aromatic N) is 7. The van der Waals surface area contributed by atoms with Crippen molar-refractivity contribution in [1.82, 2.24) is 40.3 Å². The molecular formula is C56H57F2N9O7. The van der Waals surface area contributed by atoms with Gasteiger partial charge in [-0.3, -0.25) is 29.6 Å². The van der Waals surface area contributed by atoms with E-state index >= 15 is 8.78 Å². The molecule has 18 heteroatoms. The van der Waals surface area contributed by atoms with E-state index in [1.807, 2.05) is 18.2 Å². The Balaban J connectivity index is 0.709. The number of carbonyl (C=O) groups is 4. The first-order chi connectivity index (χ1) is 35.8. The van der Waals surface area contributed by atoms with E-state index in [9.17, 15) is 24.3 Å². The molecule has 3 aromatic carbocycles. The van der Waals surface area contributed by atoms with Gasteiger partial charge in [-0.15, -0.1) is 6.42 Å². The number of terminal acetylenes is 1. The molecule has 16 nitrogen and oxygen atoms in total. The lowest BCUT2D eigenvalue weighted by atomic mass is 9.89. The molecule has 5 atom stereocenters. The number of aryl methyl sites for hydroxylation is 1. The normalized spacial score (nSPS) is 25.0. The maximum atomic E-state index is 17.3. The summed E-state index contributed by atoms with van der Waals surface area (Å²) in [4.78, 5) is 73.6. The second-order valence-electron chi connectivity index (χ2n) is 21.4. The summed E-state index contributed by atoms with van der Waals surface area (Å²) in [5.41, 5.74) is 2.95. The number of rotatable bonds is 11. The lowest BCUT2D eigenvalue weighted by Crippen LogP contribution is -2.52. The number of aromatic hydroxyl groups is 1. The van der Waals surface area contributed by atoms with Crippen molar-refractivity contribution in [1.29, 1.82) is 0 Å². The third-order valence-electron chi connectivity index (χ3n) is 16.8. The number of halogens is 2. The number of hydrogen-bond acceptors (Lipinski definition) is 13. The monoisotopic (exact) mass is 1010 g/mol. The van der Waals surface area contributed by atoms with Gasteiger partial charge in [0.25, 0.3) is 5.91 Å². The summed E-state index contributed by atoms with van der Waals surface area (Å²) >= 11 is 0. The van der Waals surface area contributed by atoms with Crippen molar-refractivity contribution in [3.05, 3.63) is 94.7 Å². The van der Waals surface area contributed by atoms with Crippen LogP contribution >= 0.6 is 0 Å². The van der Waals surface area contributed by atoms with Crippen LogP contribution in [0.2, 0.25) is 0 Å². The number of phenols is 1. The number of piperidine rings is 2. The summed E-state index contributed by atoms with van der Waals surface area (Å²) < 4.78 is 45.0. The zero-order valence-electron chi connectivity index (χ0n) is 41.0. The number of likely N-dealkylation sites (tertiary alicyclic amines) is 1. The lowest BCUT2D eigenvalue weighted by Gasteiger charge is -2.35. The molecule has 7 aliphatic rings. The minimum absolute atomic E-state index is 0.00624. The van der Waals surface area contributed by atoms with Crippen LogP contribution in [0.15, 0.2) is 60.8 Å². The number of ether oxygens (including phenoxy) is 2. The van der Waals surface area contributed by atoms with E-state index in [0.29, 0.717) is 86.6 Å². The standard InChI is InChI=1S/C56H57F2N9O7/c1-3-40-43(57)12-9-34-21-39(68)22-41(47(34)40)49-48(58)50-42(24-59-49)51(65-27-36-10-11-37(28-65)60-36)63-54(62-50)74-30-56-18-15-38(67(56)25-31(2)23-56)29-73-55(72)64-19-16-32(17-20-64)7-8-33-5-4-6-35-26-66(53(71)46(33)35)44-13-14-45(69)61-52(44)70/h1,4-6,9,12,21-22,24,32,36-38,44,60,68H,2,7-8,10-11,13-20,23,25-30H2,(H,61,69,70)/t36-,37+,38-,44?,56-/m0/s1. The van der Waals surface area contributed by atoms with Crippen LogP contribution in [0.25, 0.3) is 32.9 Å². The maximum absolute atomic E-state index is 17.3. The molecule has 6 saturated heterocycles. The van der Waals surface area contributed by atoms with Gasteiger partial charge in [0, 0.05) is 86.5 Å². The summed E-state index contributed by atoms with van der Waals surface area (Å²) in [5, 5.41) is 17.8. The Labute approximate surface area is 426 Å². The first-order valence-electron chi connectivity index (χ1n) is 25.9. The van der Waals surface area contributed by atoms with Crippen LogP contribution in [0, 0.1) is 29.9 Å². The third-order valence-corrected chi connectivity index (χ3v) is 16.8. The van der Waals surface area contributed by atoms with E-state index in [-0.39, 0.29) is 95.2 Å². The first-order valence-corrected chi connectivity index (χ1v) is 25.9. The van der Waals surface area contributed by atoms with Crippen LogP contribution < -0.4 is 20.3 Å². The Morgan fingerprint density at radius 3 is 2.59 bits per heavy atom. The quantitative estimate of drug-likeness (QED) is 0.0739.